The summed E-state index contributed by atoms with van der Waals surface area (Å²) in [5.74, 6) is -1.01. The van der Waals surface area contributed by atoms with Gasteiger partial charge in [-0.1, -0.05) is 0 Å². The summed E-state index contributed by atoms with van der Waals surface area (Å²) < 4.78 is 0. The standard InChI is InChI=1S/C10H19N3O3/c1-7(2)12-9(14)6-13-4-3-11-5-8(13)10(15)16/h7-8,11H,3-6H2,1-2H3,(H,12,14)(H,15,16). The van der Waals surface area contributed by atoms with Gasteiger partial charge in [0.25, 0.3) is 0 Å². The number of nitrogens with zero attached hydrogens (tertiary/aromatic N) is 1. The fraction of sp³-hybridized carbons (Fsp3) is 0.800. The molecule has 0 aromatic heterocycles. The van der Waals surface area contributed by atoms with Gasteiger partial charge in [-0.15, -0.1) is 0 Å². The fourth-order valence-electron chi connectivity index (χ4n) is 1.73. The van der Waals surface area contributed by atoms with E-state index < -0.39 is 12.0 Å². The molecule has 1 rings (SSSR count). The largest absolute Gasteiger partial charge is 0.480 e. The van der Waals surface area contributed by atoms with E-state index in [0.717, 1.165) is 6.54 Å². The smallest absolute Gasteiger partial charge is 0.322 e. The molecule has 1 unspecified atom stereocenters. The van der Waals surface area contributed by atoms with Gasteiger partial charge >= 0.3 is 5.97 Å². The molecule has 1 heterocycles. The molecule has 0 bridgehead atoms. The molecule has 3 N–H and O–H groups in total. The van der Waals surface area contributed by atoms with Crippen LogP contribution in [-0.4, -0.2) is 60.1 Å². The number of carboxylic acid groups (broad SMARTS) is 1. The topological polar surface area (TPSA) is 81.7 Å². The van der Waals surface area contributed by atoms with Gasteiger partial charge in [-0.2, -0.15) is 0 Å². The van der Waals surface area contributed by atoms with Gasteiger partial charge in [-0.25, -0.2) is 0 Å². The number of carboxylic acids is 1. The normalized spacial score (nSPS) is 22.1. The van der Waals surface area contributed by atoms with E-state index in [9.17, 15) is 9.59 Å². The van der Waals surface area contributed by atoms with Gasteiger partial charge in [0.1, 0.15) is 6.04 Å². The Hall–Kier alpha value is -1.14. The number of nitrogens with one attached hydrogen (secondary N) is 2. The lowest BCUT2D eigenvalue weighted by molar-refractivity contribution is -0.144. The summed E-state index contributed by atoms with van der Waals surface area (Å²) >= 11 is 0. The van der Waals surface area contributed by atoms with Gasteiger partial charge in [-0.05, 0) is 13.8 Å². The first-order valence-corrected chi connectivity index (χ1v) is 5.47. The van der Waals surface area contributed by atoms with Crippen molar-refractivity contribution in [3.63, 3.8) is 0 Å². The highest BCUT2D eigenvalue weighted by Gasteiger charge is 2.29. The Bertz CT molecular complexity index is 268. The molecule has 1 aliphatic heterocycles. The highest BCUT2D eigenvalue weighted by molar-refractivity contribution is 5.80. The minimum Gasteiger partial charge on any atom is -0.480 e. The van der Waals surface area contributed by atoms with E-state index in [1.807, 2.05) is 13.8 Å². The van der Waals surface area contributed by atoms with Crippen LogP contribution in [0.1, 0.15) is 13.8 Å². The van der Waals surface area contributed by atoms with Crippen LogP contribution < -0.4 is 10.6 Å². The number of amides is 1. The van der Waals surface area contributed by atoms with Gasteiger partial charge < -0.3 is 15.7 Å². The Morgan fingerprint density at radius 3 is 2.81 bits per heavy atom. The predicted octanol–water partition coefficient (Wildman–Crippen LogP) is -1.13. The van der Waals surface area contributed by atoms with E-state index >= 15 is 0 Å². The SMILES string of the molecule is CC(C)NC(=O)CN1CCNCC1C(=O)O. The molecule has 6 nitrogen and oxygen atoms in total. The van der Waals surface area contributed by atoms with Crippen molar-refractivity contribution >= 4 is 11.9 Å². The summed E-state index contributed by atoms with van der Waals surface area (Å²) in [5, 5.41) is 14.8. The number of aliphatic carboxylic acids is 1. The van der Waals surface area contributed by atoms with Crippen LogP contribution >= 0.6 is 0 Å². The first-order chi connectivity index (χ1) is 7.50. The molecule has 0 aromatic carbocycles. The summed E-state index contributed by atoms with van der Waals surface area (Å²) in [5.41, 5.74) is 0. The number of hydrogen-bond donors (Lipinski definition) is 3. The Morgan fingerprint density at radius 2 is 2.25 bits per heavy atom. The maximum atomic E-state index is 11.5. The molecule has 1 saturated heterocycles. The first-order valence-electron chi connectivity index (χ1n) is 5.47. The molecule has 1 atom stereocenters. The van der Waals surface area contributed by atoms with Gasteiger partial charge in [0.05, 0.1) is 6.54 Å². The molecule has 0 aliphatic carbocycles. The Kier molecular flexibility index (Phi) is 4.70. The molecule has 92 valence electrons. The Labute approximate surface area is 95.0 Å². The van der Waals surface area contributed by atoms with Crippen molar-refractivity contribution in [2.24, 2.45) is 0 Å². The molecule has 0 saturated carbocycles. The van der Waals surface area contributed by atoms with E-state index in [0.29, 0.717) is 13.1 Å². The summed E-state index contributed by atoms with van der Waals surface area (Å²) in [6.07, 6.45) is 0. The van der Waals surface area contributed by atoms with Crippen molar-refractivity contribution in [2.75, 3.05) is 26.2 Å². The van der Waals surface area contributed by atoms with Gasteiger partial charge in [0.15, 0.2) is 0 Å². The molecular formula is C10H19N3O3. The first kappa shape index (κ1) is 12.9. The second-order valence-electron chi connectivity index (χ2n) is 4.25. The van der Waals surface area contributed by atoms with E-state index in [1.165, 1.54) is 0 Å². The van der Waals surface area contributed by atoms with Crippen molar-refractivity contribution in [3.05, 3.63) is 0 Å². The lowest BCUT2D eigenvalue weighted by Crippen LogP contribution is -2.57. The summed E-state index contributed by atoms with van der Waals surface area (Å²) in [6, 6.07) is -0.523. The number of carbonyl (C=O) groups excluding carboxylic acids is 1. The number of rotatable bonds is 4. The Balaban J connectivity index is 2.49. The monoisotopic (exact) mass is 229 g/mol. The number of carbonyl (C=O) groups is 2. The van der Waals surface area contributed by atoms with E-state index in [4.69, 9.17) is 5.11 Å². The molecule has 1 amide bonds. The average molecular weight is 229 g/mol. The maximum Gasteiger partial charge on any atom is 0.322 e. The van der Waals surface area contributed by atoms with Crippen molar-refractivity contribution in [1.82, 2.24) is 15.5 Å². The highest BCUT2D eigenvalue weighted by atomic mass is 16.4. The lowest BCUT2D eigenvalue weighted by atomic mass is 10.2. The van der Waals surface area contributed by atoms with Crippen LogP contribution in [0.4, 0.5) is 0 Å². The van der Waals surface area contributed by atoms with Crippen molar-refractivity contribution in [2.45, 2.75) is 25.9 Å². The molecule has 0 spiro atoms. The average Bonchev–Trinajstić information content (AvgIpc) is 2.16. The molecule has 6 heteroatoms. The quantitative estimate of drug-likeness (QED) is 0.568. The van der Waals surface area contributed by atoms with Crippen LogP contribution in [0.15, 0.2) is 0 Å². The van der Waals surface area contributed by atoms with Crippen LogP contribution in [0, 0.1) is 0 Å². The van der Waals surface area contributed by atoms with Crippen LogP contribution in [0.25, 0.3) is 0 Å². The third-order valence-electron chi connectivity index (χ3n) is 2.44. The number of hydrogen-bond acceptors (Lipinski definition) is 4. The van der Waals surface area contributed by atoms with Crippen LogP contribution in [0.2, 0.25) is 0 Å². The predicted molar refractivity (Wildman–Crippen MR) is 59.1 cm³/mol. The molecule has 16 heavy (non-hydrogen) atoms. The van der Waals surface area contributed by atoms with E-state index in [2.05, 4.69) is 10.6 Å². The second kappa shape index (κ2) is 5.81. The molecular weight excluding hydrogens is 210 g/mol. The molecule has 0 aromatic rings. The van der Waals surface area contributed by atoms with Gasteiger partial charge in [-0.3, -0.25) is 14.5 Å². The van der Waals surface area contributed by atoms with Gasteiger partial charge in [0.2, 0.25) is 5.91 Å². The second-order valence-corrected chi connectivity index (χ2v) is 4.25. The zero-order chi connectivity index (χ0) is 12.1. The van der Waals surface area contributed by atoms with Crippen molar-refractivity contribution < 1.29 is 14.7 Å². The molecule has 1 aliphatic rings. The summed E-state index contributed by atoms with van der Waals surface area (Å²) in [4.78, 5) is 24.2. The fourth-order valence-corrected chi connectivity index (χ4v) is 1.73. The van der Waals surface area contributed by atoms with Gasteiger partial charge in [0, 0.05) is 25.7 Å². The van der Waals surface area contributed by atoms with Crippen molar-refractivity contribution in [1.29, 1.82) is 0 Å². The van der Waals surface area contributed by atoms with Crippen LogP contribution in [0.3, 0.4) is 0 Å². The minimum absolute atomic E-state index is 0.0821. The third-order valence-corrected chi connectivity index (χ3v) is 2.44. The highest BCUT2D eigenvalue weighted by Crippen LogP contribution is 2.03. The molecule has 0 radical (unpaired) electrons. The summed E-state index contributed by atoms with van der Waals surface area (Å²) in [7, 11) is 0. The number of piperazine rings is 1. The van der Waals surface area contributed by atoms with E-state index in [1.54, 1.807) is 4.90 Å². The molecule has 1 fully saturated rings. The summed E-state index contributed by atoms with van der Waals surface area (Å²) in [6.45, 7) is 5.61. The van der Waals surface area contributed by atoms with Crippen LogP contribution in [-0.2, 0) is 9.59 Å². The zero-order valence-corrected chi connectivity index (χ0v) is 9.69. The Morgan fingerprint density at radius 1 is 1.56 bits per heavy atom. The zero-order valence-electron chi connectivity index (χ0n) is 9.69. The maximum absolute atomic E-state index is 11.5. The van der Waals surface area contributed by atoms with Crippen LogP contribution in [0.5, 0.6) is 0 Å². The van der Waals surface area contributed by atoms with Crippen molar-refractivity contribution in [3.8, 4) is 0 Å². The third kappa shape index (κ3) is 3.79. The lowest BCUT2D eigenvalue weighted by Gasteiger charge is -2.32. The minimum atomic E-state index is -0.885. The van der Waals surface area contributed by atoms with E-state index in [-0.39, 0.29) is 18.5 Å².